The summed E-state index contributed by atoms with van der Waals surface area (Å²) >= 11 is 0. The van der Waals surface area contributed by atoms with E-state index >= 15 is 0 Å². The Hall–Kier alpha value is -3.16. The van der Waals surface area contributed by atoms with Gasteiger partial charge in [0, 0.05) is 18.2 Å². The van der Waals surface area contributed by atoms with E-state index in [0.29, 0.717) is 11.3 Å². The zero-order valence-corrected chi connectivity index (χ0v) is 11.4. The topological polar surface area (TPSA) is 102 Å². The Labute approximate surface area is 124 Å². The molecule has 0 aliphatic heterocycles. The largest absolute Gasteiger partial charge is 0.465 e. The molecule has 1 amide bonds. The molecule has 0 unspecified atom stereocenters. The van der Waals surface area contributed by atoms with E-state index < -0.39 is 16.8 Å². The second-order valence-electron chi connectivity index (χ2n) is 4.38. The first-order valence-electron chi connectivity index (χ1n) is 6.09. The fourth-order valence-electron chi connectivity index (χ4n) is 1.76. The number of non-ortho nitro benzene ring substituents is 1. The second-order valence-corrected chi connectivity index (χ2v) is 4.38. The number of anilines is 1. The number of hydrogen-bond donors (Lipinski definition) is 2. The number of aryl methyl sites for hydroxylation is 1. The van der Waals surface area contributed by atoms with E-state index in [1.807, 2.05) is 5.32 Å². The first kappa shape index (κ1) is 15.2. The predicted octanol–water partition coefficient (Wildman–Crippen LogP) is 3.92. The van der Waals surface area contributed by atoms with Crippen LogP contribution >= 0.6 is 0 Å². The first-order valence-corrected chi connectivity index (χ1v) is 6.09. The molecule has 0 saturated heterocycles. The quantitative estimate of drug-likeness (QED) is 0.658. The minimum absolute atomic E-state index is 0.0722. The Balaban J connectivity index is 2.22. The van der Waals surface area contributed by atoms with Crippen LogP contribution in [0.1, 0.15) is 5.56 Å². The number of nitrogens with one attached hydrogen (secondary N) is 1. The van der Waals surface area contributed by atoms with Crippen LogP contribution < -0.4 is 10.1 Å². The third kappa shape index (κ3) is 3.48. The molecule has 2 rings (SSSR count). The highest BCUT2D eigenvalue weighted by Crippen LogP contribution is 2.29. The van der Waals surface area contributed by atoms with E-state index in [0.717, 1.165) is 6.07 Å². The van der Waals surface area contributed by atoms with Crippen molar-refractivity contribution in [3.05, 3.63) is 57.9 Å². The lowest BCUT2D eigenvalue weighted by molar-refractivity contribution is -0.384. The maximum Gasteiger partial charge on any atom is 0.409 e. The number of nitro benzene ring substituents is 1. The van der Waals surface area contributed by atoms with Crippen molar-refractivity contribution in [3.8, 4) is 11.5 Å². The van der Waals surface area contributed by atoms with Crippen LogP contribution in [0.25, 0.3) is 0 Å². The number of benzene rings is 2. The number of carbonyl (C=O) groups is 1. The van der Waals surface area contributed by atoms with Gasteiger partial charge in [0.25, 0.3) is 5.69 Å². The summed E-state index contributed by atoms with van der Waals surface area (Å²) < 4.78 is 19.1. The summed E-state index contributed by atoms with van der Waals surface area (Å²) in [5.41, 5.74) is 0.250. The van der Waals surface area contributed by atoms with E-state index in [2.05, 4.69) is 0 Å². The van der Waals surface area contributed by atoms with Crippen molar-refractivity contribution in [2.75, 3.05) is 5.32 Å². The minimum Gasteiger partial charge on any atom is -0.465 e. The molecule has 0 heterocycles. The van der Waals surface area contributed by atoms with Gasteiger partial charge in [0.05, 0.1) is 10.6 Å². The highest BCUT2D eigenvalue weighted by atomic mass is 19.1. The molecule has 2 aromatic carbocycles. The molecule has 2 N–H and O–H groups in total. The monoisotopic (exact) mass is 306 g/mol. The molecule has 22 heavy (non-hydrogen) atoms. The minimum atomic E-state index is -1.38. The molecule has 114 valence electrons. The van der Waals surface area contributed by atoms with Crippen molar-refractivity contribution in [1.82, 2.24) is 0 Å². The van der Waals surface area contributed by atoms with Crippen LogP contribution in [0.4, 0.5) is 20.6 Å². The third-order valence-electron chi connectivity index (χ3n) is 2.78. The lowest BCUT2D eigenvalue weighted by Crippen LogP contribution is -2.08. The smallest absolute Gasteiger partial charge is 0.409 e. The van der Waals surface area contributed by atoms with Gasteiger partial charge in [0.15, 0.2) is 5.82 Å². The van der Waals surface area contributed by atoms with Crippen molar-refractivity contribution in [2.24, 2.45) is 0 Å². The van der Waals surface area contributed by atoms with E-state index in [9.17, 15) is 19.3 Å². The van der Waals surface area contributed by atoms with Gasteiger partial charge in [-0.1, -0.05) is 0 Å². The van der Waals surface area contributed by atoms with Gasteiger partial charge >= 0.3 is 6.09 Å². The molecule has 0 fully saturated rings. The van der Waals surface area contributed by atoms with Gasteiger partial charge in [0.2, 0.25) is 0 Å². The van der Waals surface area contributed by atoms with Crippen LogP contribution in [0.3, 0.4) is 0 Å². The van der Waals surface area contributed by atoms with Gasteiger partial charge in [-0.05, 0) is 30.7 Å². The maximum atomic E-state index is 13.7. The molecular formula is C14H11FN2O5. The van der Waals surface area contributed by atoms with Gasteiger partial charge in [-0.15, -0.1) is 0 Å². The Bertz CT molecular complexity index is 748. The van der Waals surface area contributed by atoms with Crippen LogP contribution in [0.15, 0.2) is 36.4 Å². The van der Waals surface area contributed by atoms with Gasteiger partial charge in [-0.25, -0.2) is 9.18 Å². The summed E-state index contributed by atoms with van der Waals surface area (Å²) in [4.78, 5) is 20.6. The third-order valence-corrected chi connectivity index (χ3v) is 2.78. The van der Waals surface area contributed by atoms with Gasteiger partial charge < -0.3 is 9.84 Å². The number of hydrogen-bond acceptors (Lipinski definition) is 4. The Morgan fingerprint density at radius 3 is 2.59 bits per heavy atom. The van der Waals surface area contributed by atoms with Crippen LogP contribution in [0.5, 0.6) is 11.5 Å². The highest BCUT2D eigenvalue weighted by molar-refractivity contribution is 5.83. The number of amides is 1. The van der Waals surface area contributed by atoms with Crippen LogP contribution in [-0.4, -0.2) is 16.1 Å². The Kier molecular flexibility index (Phi) is 4.21. The van der Waals surface area contributed by atoms with Crippen LogP contribution in [0.2, 0.25) is 0 Å². The van der Waals surface area contributed by atoms with Crippen molar-refractivity contribution < 1.29 is 24.0 Å². The normalized spacial score (nSPS) is 10.1. The summed E-state index contributed by atoms with van der Waals surface area (Å²) in [6.07, 6.45) is -1.38. The molecule has 0 aromatic heterocycles. The number of halogens is 1. The molecular weight excluding hydrogens is 295 g/mol. The lowest BCUT2D eigenvalue weighted by atomic mass is 10.2. The van der Waals surface area contributed by atoms with Crippen molar-refractivity contribution in [1.29, 1.82) is 0 Å². The molecule has 0 bridgehead atoms. The zero-order valence-electron chi connectivity index (χ0n) is 11.4. The Morgan fingerprint density at radius 1 is 1.32 bits per heavy atom. The number of nitrogens with zero attached hydrogens (tertiary/aromatic N) is 1. The number of ether oxygens (including phenoxy) is 1. The zero-order chi connectivity index (χ0) is 16.3. The van der Waals surface area contributed by atoms with Gasteiger partial charge in [-0.3, -0.25) is 15.4 Å². The van der Waals surface area contributed by atoms with E-state index in [1.165, 1.54) is 30.3 Å². The van der Waals surface area contributed by atoms with Crippen LogP contribution in [-0.2, 0) is 0 Å². The molecule has 7 nitrogen and oxygen atoms in total. The maximum absolute atomic E-state index is 13.7. The number of rotatable bonds is 4. The average molecular weight is 306 g/mol. The van der Waals surface area contributed by atoms with Crippen molar-refractivity contribution >= 4 is 17.5 Å². The van der Waals surface area contributed by atoms with E-state index in [1.54, 1.807) is 6.92 Å². The molecule has 2 aromatic rings. The lowest BCUT2D eigenvalue weighted by Gasteiger charge is -2.10. The van der Waals surface area contributed by atoms with E-state index in [4.69, 9.17) is 9.84 Å². The molecule has 0 spiro atoms. The predicted molar refractivity (Wildman–Crippen MR) is 76.0 cm³/mol. The fraction of sp³-hybridized carbons (Fsp3) is 0.0714. The second kappa shape index (κ2) is 6.08. The molecule has 0 atom stereocenters. The molecule has 0 saturated carbocycles. The molecule has 8 heteroatoms. The number of carboxylic acid groups (broad SMARTS) is 1. The first-order chi connectivity index (χ1) is 10.4. The molecule has 0 aliphatic carbocycles. The van der Waals surface area contributed by atoms with Crippen molar-refractivity contribution in [2.45, 2.75) is 6.92 Å². The van der Waals surface area contributed by atoms with Gasteiger partial charge in [-0.2, -0.15) is 0 Å². The summed E-state index contributed by atoms with van der Waals surface area (Å²) in [6.45, 7) is 1.62. The van der Waals surface area contributed by atoms with Crippen LogP contribution in [0, 0.1) is 22.9 Å². The summed E-state index contributed by atoms with van der Waals surface area (Å²) in [5, 5.41) is 21.1. The standard InChI is InChI=1S/C14H11FN2O5/c1-8-6-9(17(20)21)2-5-13(8)22-10-3-4-12(11(15)7-10)16-14(18)19/h2-7,16H,1H3,(H,18,19). The van der Waals surface area contributed by atoms with E-state index in [-0.39, 0.29) is 17.1 Å². The SMILES string of the molecule is Cc1cc([N+](=O)[O-])ccc1Oc1ccc(NC(=O)O)c(F)c1. The summed E-state index contributed by atoms with van der Waals surface area (Å²) in [5.74, 6) is -0.311. The fourth-order valence-corrected chi connectivity index (χ4v) is 1.76. The van der Waals surface area contributed by atoms with Gasteiger partial charge in [0.1, 0.15) is 11.5 Å². The average Bonchev–Trinajstić information content (AvgIpc) is 2.43. The van der Waals surface area contributed by atoms with Crippen molar-refractivity contribution in [3.63, 3.8) is 0 Å². The molecule has 0 radical (unpaired) electrons. The highest BCUT2D eigenvalue weighted by Gasteiger charge is 2.11. The summed E-state index contributed by atoms with van der Waals surface area (Å²) in [6, 6.07) is 7.65. The molecule has 0 aliphatic rings. The summed E-state index contributed by atoms with van der Waals surface area (Å²) in [7, 11) is 0. The Morgan fingerprint density at radius 2 is 2.05 bits per heavy atom. The number of nitro groups is 1.